The molecule has 5 heteroatoms. The third-order valence-electron chi connectivity index (χ3n) is 2.72. The van der Waals surface area contributed by atoms with Gasteiger partial charge in [0.1, 0.15) is 6.07 Å². The van der Waals surface area contributed by atoms with Gasteiger partial charge in [-0.25, -0.2) is 0 Å². The summed E-state index contributed by atoms with van der Waals surface area (Å²) in [5, 5.41) is 8.39. The molecular formula is C11H15IN2O2. The fourth-order valence-corrected chi connectivity index (χ4v) is 3.01. The Balaban J connectivity index is 2.60. The van der Waals surface area contributed by atoms with E-state index in [1.165, 1.54) is 11.0 Å². The molecule has 0 aromatic carbocycles. The Morgan fingerprint density at radius 1 is 1.50 bits per heavy atom. The molecule has 1 rings (SSSR count). The van der Waals surface area contributed by atoms with Crippen molar-refractivity contribution in [3.8, 4) is 6.07 Å². The number of ketones is 1. The highest BCUT2D eigenvalue weighted by Crippen LogP contribution is 2.29. The molecule has 1 saturated heterocycles. The number of hydrogen-bond donors (Lipinski definition) is 0. The summed E-state index contributed by atoms with van der Waals surface area (Å²) in [6.07, 6.45) is 1.05. The largest absolute Gasteiger partial charge is 0.334 e. The molecule has 0 bridgehead atoms. The molecule has 1 amide bonds. The second kappa shape index (κ2) is 5.62. The van der Waals surface area contributed by atoms with E-state index >= 15 is 0 Å². The molecule has 1 heterocycles. The van der Waals surface area contributed by atoms with Crippen molar-refractivity contribution in [3.05, 3.63) is 0 Å². The summed E-state index contributed by atoms with van der Waals surface area (Å²) < 4.78 is 0.385. The van der Waals surface area contributed by atoms with Gasteiger partial charge in [0.25, 0.3) is 0 Å². The lowest BCUT2D eigenvalue weighted by molar-refractivity contribution is -0.141. The number of Topliss-reactive ketones (excluding diaryl/α,β-unsaturated/α-hetero) is 1. The van der Waals surface area contributed by atoms with Crippen LogP contribution in [0.5, 0.6) is 0 Å². The standard InChI is InChI=1S/C11H15IN2O2/c1-7(2)3-8-5-14(6-9(8)12)11(16)10(15)4-13/h7-9H,3,5-6H2,1-2H3. The van der Waals surface area contributed by atoms with Gasteiger partial charge in [0.15, 0.2) is 0 Å². The van der Waals surface area contributed by atoms with Crippen LogP contribution in [0.1, 0.15) is 20.3 Å². The molecule has 0 saturated carbocycles. The Morgan fingerprint density at radius 2 is 2.12 bits per heavy atom. The number of alkyl halides is 1. The lowest BCUT2D eigenvalue weighted by atomic mass is 9.97. The van der Waals surface area contributed by atoms with Gasteiger partial charge in [0.05, 0.1) is 0 Å². The molecule has 16 heavy (non-hydrogen) atoms. The lowest BCUT2D eigenvalue weighted by Gasteiger charge is -2.15. The van der Waals surface area contributed by atoms with Gasteiger partial charge in [-0.15, -0.1) is 0 Å². The minimum Gasteiger partial charge on any atom is -0.334 e. The Hall–Kier alpha value is -0.640. The summed E-state index contributed by atoms with van der Waals surface area (Å²) >= 11 is 2.32. The van der Waals surface area contributed by atoms with Crippen molar-refractivity contribution in [3.63, 3.8) is 0 Å². The quantitative estimate of drug-likeness (QED) is 0.339. The van der Waals surface area contributed by atoms with E-state index < -0.39 is 11.7 Å². The van der Waals surface area contributed by atoms with Gasteiger partial charge in [-0.2, -0.15) is 5.26 Å². The van der Waals surface area contributed by atoms with E-state index in [1.54, 1.807) is 0 Å². The summed E-state index contributed by atoms with van der Waals surface area (Å²) in [6, 6.07) is 1.38. The summed E-state index contributed by atoms with van der Waals surface area (Å²) in [5.74, 6) is -0.566. The summed E-state index contributed by atoms with van der Waals surface area (Å²) in [4.78, 5) is 24.0. The number of hydrogen-bond acceptors (Lipinski definition) is 3. The number of likely N-dealkylation sites (tertiary alicyclic amines) is 1. The number of nitriles is 1. The highest BCUT2D eigenvalue weighted by Gasteiger charge is 2.35. The molecule has 1 aliphatic heterocycles. The summed E-state index contributed by atoms with van der Waals surface area (Å²) in [6.45, 7) is 5.49. The number of rotatable bonds is 3. The SMILES string of the molecule is CC(C)CC1CN(C(=O)C(=O)C#N)CC1I. The first kappa shape index (κ1) is 13.4. The monoisotopic (exact) mass is 334 g/mol. The summed E-state index contributed by atoms with van der Waals surface area (Å²) in [7, 11) is 0. The zero-order chi connectivity index (χ0) is 12.3. The van der Waals surface area contributed by atoms with E-state index in [9.17, 15) is 9.59 Å². The zero-order valence-electron chi connectivity index (χ0n) is 9.44. The maximum Gasteiger partial charge on any atom is 0.319 e. The van der Waals surface area contributed by atoms with Crippen LogP contribution in [0.3, 0.4) is 0 Å². The normalized spacial score (nSPS) is 24.6. The third kappa shape index (κ3) is 3.17. The molecular weight excluding hydrogens is 319 g/mol. The van der Waals surface area contributed by atoms with Gasteiger partial charge in [0.2, 0.25) is 0 Å². The second-order valence-corrected chi connectivity index (χ2v) is 6.16. The molecule has 1 aliphatic rings. The Kier molecular flexibility index (Phi) is 4.71. The molecule has 88 valence electrons. The van der Waals surface area contributed by atoms with E-state index in [1.807, 2.05) is 0 Å². The third-order valence-corrected chi connectivity index (χ3v) is 4.13. The Labute approximate surface area is 109 Å². The maximum absolute atomic E-state index is 11.5. The van der Waals surface area contributed by atoms with E-state index in [2.05, 4.69) is 36.4 Å². The first-order chi connectivity index (χ1) is 7.45. The fourth-order valence-electron chi connectivity index (χ4n) is 2.02. The minimum atomic E-state index is -0.950. The Bertz CT molecular complexity index is 335. The van der Waals surface area contributed by atoms with Gasteiger partial charge in [-0.05, 0) is 18.3 Å². The van der Waals surface area contributed by atoms with Crippen molar-refractivity contribution >= 4 is 34.3 Å². The smallest absolute Gasteiger partial charge is 0.319 e. The van der Waals surface area contributed by atoms with Crippen LogP contribution in [0.25, 0.3) is 0 Å². The molecule has 0 aliphatic carbocycles. The van der Waals surface area contributed by atoms with Crippen molar-refractivity contribution in [1.29, 1.82) is 5.26 Å². The van der Waals surface area contributed by atoms with Crippen LogP contribution >= 0.6 is 22.6 Å². The molecule has 4 nitrogen and oxygen atoms in total. The molecule has 0 radical (unpaired) electrons. The molecule has 0 spiro atoms. The molecule has 2 unspecified atom stereocenters. The van der Waals surface area contributed by atoms with Crippen LogP contribution in [0.2, 0.25) is 0 Å². The number of carbonyl (C=O) groups excluding carboxylic acids is 2. The van der Waals surface area contributed by atoms with E-state index in [0.717, 1.165) is 6.42 Å². The van der Waals surface area contributed by atoms with Crippen molar-refractivity contribution in [2.75, 3.05) is 13.1 Å². The predicted octanol–water partition coefficient (Wildman–Crippen LogP) is 1.39. The fraction of sp³-hybridized carbons (Fsp3) is 0.727. The van der Waals surface area contributed by atoms with E-state index in [4.69, 9.17) is 5.26 Å². The van der Waals surface area contributed by atoms with Gasteiger partial charge >= 0.3 is 11.7 Å². The van der Waals surface area contributed by atoms with Crippen LogP contribution in [-0.2, 0) is 9.59 Å². The Morgan fingerprint density at radius 3 is 2.62 bits per heavy atom. The van der Waals surface area contributed by atoms with Crippen molar-refractivity contribution < 1.29 is 9.59 Å². The van der Waals surface area contributed by atoms with E-state index in [0.29, 0.717) is 28.8 Å². The first-order valence-corrected chi connectivity index (χ1v) is 6.57. The average molecular weight is 334 g/mol. The molecule has 1 fully saturated rings. The highest BCUT2D eigenvalue weighted by atomic mass is 127. The van der Waals surface area contributed by atoms with E-state index in [-0.39, 0.29) is 0 Å². The average Bonchev–Trinajstić information content (AvgIpc) is 2.57. The minimum absolute atomic E-state index is 0.385. The van der Waals surface area contributed by atoms with Crippen molar-refractivity contribution in [2.24, 2.45) is 11.8 Å². The van der Waals surface area contributed by atoms with Gasteiger partial charge in [-0.3, -0.25) is 9.59 Å². The van der Waals surface area contributed by atoms with Crippen molar-refractivity contribution in [1.82, 2.24) is 4.90 Å². The molecule has 2 atom stereocenters. The lowest BCUT2D eigenvalue weighted by Crippen LogP contribution is -2.34. The first-order valence-electron chi connectivity index (χ1n) is 5.33. The second-order valence-electron chi connectivity index (χ2n) is 4.56. The predicted molar refractivity (Wildman–Crippen MR) is 68.0 cm³/mol. The van der Waals surface area contributed by atoms with Gasteiger partial charge in [-0.1, -0.05) is 36.4 Å². The molecule has 0 N–H and O–H groups in total. The van der Waals surface area contributed by atoms with Crippen LogP contribution in [-0.4, -0.2) is 33.6 Å². The number of nitrogens with zero attached hydrogens (tertiary/aromatic N) is 2. The van der Waals surface area contributed by atoms with Gasteiger partial charge < -0.3 is 4.90 Å². The highest BCUT2D eigenvalue weighted by molar-refractivity contribution is 14.1. The van der Waals surface area contributed by atoms with Crippen molar-refractivity contribution in [2.45, 2.75) is 24.2 Å². The van der Waals surface area contributed by atoms with Crippen LogP contribution in [0, 0.1) is 23.2 Å². The molecule has 0 aromatic heterocycles. The van der Waals surface area contributed by atoms with Gasteiger partial charge in [0, 0.05) is 17.0 Å². The zero-order valence-corrected chi connectivity index (χ0v) is 11.6. The van der Waals surface area contributed by atoms with Crippen LogP contribution in [0.4, 0.5) is 0 Å². The maximum atomic E-state index is 11.5. The number of amides is 1. The topological polar surface area (TPSA) is 61.2 Å². The van der Waals surface area contributed by atoms with Crippen LogP contribution < -0.4 is 0 Å². The molecule has 0 aromatic rings. The summed E-state index contributed by atoms with van der Waals surface area (Å²) in [5.41, 5.74) is 0. The van der Waals surface area contributed by atoms with Crippen LogP contribution in [0.15, 0.2) is 0 Å². The number of halogens is 1. The number of carbonyl (C=O) groups is 2.